The number of aliphatic imine (C=N–C) groups is 1. The Kier molecular flexibility index (Phi) is 4.27. The van der Waals surface area contributed by atoms with Crippen molar-refractivity contribution in [1.29, 1.82) is 0 Å². The molecule has 0 aliphatic rings. The Bertz CT molecular complexity index is 498. The van der Waals surface area contributed by atoms with E-state index in [1.54, 1.807) is 11.9 Å². The highest BCUT2D eigenvalue weighted by molar-refractivity contribution is 6.32. The van der Waals surface area contributed by atoms with Crippen LogP contribution in [0.25, 0.3) is 0 Å². The van der Waals surface area contributed by atoms with E-state index in [1.165, 1.54) is 0 Å². The number of halogens is 1. The van der Waals surface area contributed by atoms with Crippen molar-refractivity contribution < 1.29 is 4.79 Å². The number of nitrogen functional groups attached to an aromatic ring is 1. The molecule has 18 heavy (non-hydrogen) atoms. The normalized spacial score (nSPS) is 9.94. The summed E-state index contributed by atoms with van der Waals surface area (Å²) in [6.07, 6.45) is 0. The minimum Gasteiger partial charge on any atom is -0.382 e. The fourth-order valence-corrected chi connectivity index (χ4v) is 1.41. The van der Waals surface area contributed by atoms with Crippen molar-refractivity contribution in [3.8, 4) is 0 Å². The molecule has 1 heterocycles. The molecule has 1 aromatic heterocycles. The molecule has 0 aliphatic carbocycles. The smallest absolute Gasteiger partial charge is 0.302 e. The van der Waals surface area contributed by atoms with E-state index < -0.39 is 5.91 Å². The minimum atomic E-state index is -0.785. The maximum Gasteiger partial charge on any atom is 0.302 e. The zero-order valence-electron chi connectivity index (χ0n) is 10.0. The molecule has 0 radical (unpaired) electrons. The number of nitrogens with zero attached hydrogens (tertiary/aromatic N) is 4. The summed E-state index contributed by atoms with van der Waals surface area (Å²) >= 11 is 5.92. The highest BCUT2D eigenvalue weighted by Gasteiger charge is 2.18. The molecule has 0 aromatic carbocycles. The molecule has 1 aromatic rings. The van der Waals surface area contributed by atoms with Gasteiger partial charge in [-0.15, -0.1) is 0 Å². The maximum atomic E-state index is 11.6. The van der Waals surface area contributed by atoms with Crippen molar-refractivity contribution in [2.24, 2.45) is 16.5 Å². The minimum absolute atomic E-state index is 0.0580. The molecule has 9 heteroatoms. The Labute approximate surface area is 109 Å². The average Bonchev–Trinajstić information content (AvgIpc) is 2.29. The summed E-state index contributed by atoms with van der Waals surface area (Å²) in [5.74, 6) is -0.859. The largest absolute Gasteiger partial charge is 0.382 e. The first kappa shape index (κ1) is 14.0. The first-order valence-electron chi connectivity index (χ1n) is 5.04. The van der Waals surface area contributed by atoms with Crippen LogP contribution in [0.5, 0.6) is 0 Å². The van der Waals surface area contributed by atoms with Gasteiger partial charge in [0.1, 0.15) is 0 Å². The summed E-state index contributed by atoms with van der Waals surface area (Å²) in [6.45, 7) is 2.57. The summed E-state index contributed by atoms with van der Waals surface area (Å²) in [6, 6.07) is 0. The van der Waals surface area contributed by atoms with Gasteiger partial charge in [-0.2, -0.15) is 4.99 Å². The molecule has 0 aliphatic heterocycles. The first-order valence-corrected chi connectivity index (χ1v) is 5.42. The molecular formula is C9H14ClN7O. The molecule has 0 atom stereocenters. The lowest BCUT2D eigenvalue weighted by Crippen LogP contribution is -2.25. The number of aromatic nitrogens is 2. The van der Waals surface area contributed by atoms with Crippen molar-refractivity contribution in [3.05, 3.63) is 10.8 Å². The standard InChI is InChI=1S/C9H14ClN7O/c1-3-17(2)7-5(10)14-4(6(11)15-7)8(18)16-9(12)13/h3H2,1-2H3,(H2,11,15)(H4,12,13,16,18). The number of hydrogen-bond donors (Lipinski definition) is 3. The molecule has 8 nitrogen and oxygen atoms in total. The molecule has 98 valence electrons. The molecule has 0 bridgehead atoms. The molecular weight excluding hydrogens is 258 g/mol. The number of carbonyl (C=O) groups excluding carboxylic acids is 1. The van der Waals surface area contributed by atoms with Crippen LogP contribution in [0.15, 0.2) is 4.99 Å². The molecule has 1 amide bonds. The van der Waals surface area contributed by atoms with Gasteiger partial charge in [0.25, 0.3) is 0 Å². The number of amides is 1. The summed E-state index contributed by atoms with van der Waals surface area (Å²) in [4.78, 5) is 24.5. The molecule has 0 fully saturated rings. The van der Waals surface area contributed by atoms with Gasteiger partial charge in [0.05, 0.1) is 0 Å². The number of guanidine groups is 1. The topological polar surface area (TPSA) is 137 Å². The predicted octanol–water partition coefficient (Wildman–Crippen LogP) is -0.418. The van der Waals surface area contributed by atoms with Crippen molar-refractivity contribution >= 4 is 35.1 Å². The van der Waals surface area contributed by atoms with Crippen LogP contribution in [0, 0.1) is 0 Å². The van der Waals surface area contributed by atoms with Crippen LogP contribution >= 0.6 is 11.6 Å². The van der Waals surface area contributed by atoms with Gasteiger partial charge in [-0.3, -0.25) is 4.79 Å². The van der Waals surface area contributed by atoms with Crippen molar-refractivity contribution in [3.63, 3.8) is 0 Å². The fourth-order valence-electron chi connectivity index (χ4n) is 1.14. The van der Waals surface area contributed by atoms with Crippen molar-refractivity contribution in [1.82, 2.24) is 9.97 Å². The van der Waals surface area contributed by atoms with E-state index in [2.05, 4.69) is 15.0 Å². The van der Waals surface area contributed by atoms with Crippen LogP contribution in [0.2, 0.25) is 5.15 Å². The Hall–Kier alpha value is -2.09. The van der Waals surface area contributed by atoms with Crippen LogP contribution < -0.4 is 22.1 Å². The fraction of sp³-hybridized carbons (Fsp3) is 0.333. The zero-order valence-corrected chi connectivity index (χ0v) is 10.8. The molecule has 0 spiro atoms. The van der Waals surface area contributed by atoms with E-state index in [4.69, 9.17) is 28.8 Å². The van der Waals surface area contributed by atoms with Crippen molar-refractivity contribution in [2.45, 2.75) is 6.92 Å². The zero-order chi connectivity index (χ0) is 13.9. The number of rotatable bonds is 3. The summed E-state index contributed by atoms with van der Waals surface area (Å²) < 4.78 is 0. The van der Waals surface area contributed by atoms with Crippen LogP contribution in [0.4, 0.5) is 11.6 Å². The van der Waals surface area contributed by atoms with Gasteiger partial charge >= 0.3 is 5.91 Å². The second-order valence-electron chi connectivity index (χ2n) is 3.43. The average molecular weight is 272 g/mol. The van der Waals surface area contributed by atoms with Gasteiger partial charge in [-0.05, 0) is 6.92 Å². The molecule has 0 saturated heterocycles. The summed E-state index contributed by atoms with van der Waals surface area (Å²) in [5.41, 5.74) is 15.6. The van der Waals surface area contributed by atoms with Crippen LogP contribution in [0.3, 0.4) is 0 Å². The third-order valence-electron chi connectivity index (χ3n) is 2.13. The third kappa shape index (κ3) is 2.98. The summed E-state index contributed by atoms with van der Waals surface area (Å²) in [5, 5.41) is 0.0580. The van der Waals surface area contributed by atoms with E-state index in [0.29, 0.717) is 12.4 Å². The second kappa shape index (κ2) is 5.50. The van der Waals surface area contributed by atoms with E-state index in [9.17, 15) is 4.79 Å². The number of carbonyl (C=O) groups is 1. The van der Waals surface area contributed by atoms with E-state index in [-0.39, 0.29) is 22.6 Å². The summed E-state index contributed by atoms with van der Waals surface area (Å²) in [7, 11) is 1.77. The lowest BCUT2D eigenvalue weighted by Gasteiger charge is -2.17. The second-order valence-corrected chi connectivity index (χ2v) is 3.79. The van der Waals surface area contributed by atoms with Crippen LogP contribution in [-0.2, 0) is 0 Å². The van der Waals surface area contributed by atoms with Gasteiger partial charge in [-0.25, -0.2) is 9.97 Å². The van der Waals surface area contributed by atoms with E-state index >= 15 is 0 Å². The number of anilines is 2. The van der Waals surface area contributed by atoms with E-state index in [0.717, 1.165) is 0 Å². The van der Waals surface area contributed by atoms with Gasteiger partial charge in [0, 0.05) is 13.6 Å². The number of hydrogen-bond acceptors (Lipinski definition) is 5. The lowest BCUT2D eigenvalue weighted by atomic mass is 10.4. The van der Waals surface area contributed by atoms with Gasteiger partial charge < -0.3 is 22.1 Å². The third-order valence-corrected chi connectivity index (χ3v) is 2.39. The van der Waals surface area contributed by atoms with Gasteiger partial charge in [0.15, 0.2) is 28.4 Å². The lowest BCUT2D eigenvalue weighted by molar-refractivity contribution is 0.0998. The van der Waals surface area contributed by atoms with Crippen LogP contribution in [-0.4, -0.2) is 35.4 Å². The Morgan fingerprint density at radius 1 is 1.44 bits per heavy atom. The quantitative estimate of drug-likeness (QED) is 0.501. The number of nitrogens with two attached hydrogens (primary N) is 3. The molecule has 6 N–H and O–H groups in total. The molecule has 1 rings (SSSR count). The van der Waals surface area contributed by atoms with Gasteiger partial charge in [0.2, 0.25) is 0 Å². The van der Waals surface area contributed by atoms with Crippen molar-refractivity contribution in [2.75, 3.05) is 24.2 Å². The highest BCUT2D eigenvalue weighted by atomic mass is 35.5. The Balaban J connectivity index is 3.23. The Morgan fingerprint density at radius 2 is 2.06 bits per heavy atom. The SMILES string of the molecule is CCN(C)c1nc(N)c(C(=O)N=C(N)N)nc1Cl. The maximum absolute atomic E-state index is 11.6. The van der Waals surface area contributed by atoms with E-state index in [1.807, 2.05) is 6.92 Å². The highest BCUT2D eigenvalue weighted by Crippen LogP contribution is 2.23. The first-order chi connectivity index (χ1) is 8.36. The predicted molar refractivity (Wildman–Crippen MR) is 70.5 cm³/mol. The molecule has 0 saturated carbocycles. The van der Waals surface area contributed by atoms with Crippen LogP contribution in [0.1, 0.15) is 17.4 Å². The monoisotopic (exact) mass is 271 g/mol. The van der Waals surface area contributed by atoms with Gasteiger partial charge in [-0.1, -0.05) is 11.6 Å². The molecule has 0 unspecified atom stereocenters. The Morgan fingerprint density at radius 3 is 2.56 bits per heavy atom.